The first kappa shape index (κ1) is 14.9. The molecule has 110 valence electrons. The molecule has 0 N–H and O–H groups in total. The van der Waals surface area contributed by atoms with E-state index in [0.29, 0.717) is 5.25 Å². The molecule has 22 heavy (non-hydrogen) atoms. The number of thioether (sulfide) groups is 1. The van der Waals surface area contributed by atoms with Crippen LogP contribution in [0, 0.1) is 13.8 Å². The molecule has 0 aliphatic rings. The molecule has 0 aliphatic heterocycles. The summed E-state index contributed by atoms with van der Waals surface area (Å²) in [6.45, 7) is 4.27. The summed E-state index contributed by atoms with van der Waals surface area (Å²) in [6, 6.07) is 28.4. The lowest BCUT2D eigenvalue weighted by atomic mass is 10.0. The molecule has 3 aromatic rings. The molecule has 1 heteroatoms. The third-order valence-corrected chi connectivity index (χ3v) is 5.08. The topological polar surface area (TPSA) is 0 Å². The molecule has 0 amide bonds. The van der Waals surface area contributed by atoms with Crippen LogP contribution in [0.25, 0.3) is 0 Å². The molecule has 0 radical (unpaired) electrons. The van der Waals surface area contributed by atoms with Crippen molar-refractivity contribution in [3.8, 4) is 0 Å². The van der Waals surface area contributed by atoms with Gasteiger partial charge in [-0.1, -0.05) is 77.9 Å². The maximum absolute atomic E-state index is 2.25. The van der Waals surface area contributed by atoms with Crippen LogP contribution in [0.4, 0.5) is 0 Å². The zero-order valence-corrected chi connectivity index (χ0v) is 13.8. The molecule has 0 unspecified atom stereocenters. The Labute approximate surface area is 137 Å². The minimum absolute atomic E-state index is 0.323. The average molecular weight is 304 g/mol. The van der Waals surface area contributed by atoms with E-state index < -0.39 is 0 Å². The number of hydrogen-bond donors (Lipinski definition) is 0. The average Bonchev–Trinajstić information content (AvgIpc) is 2.56. The van der Waals surface area contributed by atoms with Crippen LogP contribution < -0.4 is 0 Å². The van der Waals surface area contributed by atoms with E-state index in [1.165, 1.54) is 27.1 Å². The van der Waals surface area contributed by atoms with Crippen LogP contribution in [0.3, 0.4) is 0 Å². The van der Waals surface area contributed by atoms with Crippen LogP contribution in [-0.2, 0) is 0 Å². The molecule has 0 nitrogen and oxygen atoms in total. The Hall–Kier alpha value is -1.99. The first-order valence-electron chi connectivity index (χ1n) is 7.57. The van der Waals surface area contributed by atoms with Gasteiger partial charge in [-0.05, 0) is 37.1 Å². The lowest BCUT2D eigenvalue weighted by Crippen LogP contribution is -1.97. The fourth-order valence-electron chi connectivity index (χ4n) is 2.45. The van der Waals surface area contributed by atoms with Crippen molar-refractivity contribution in [3.05, 3.63) is 101 Å². The van der Waals surface area contributed by atoms with Crippen LogP contribution in [0.2, 0.25) is 0 Å². The summed E-state index contributed by atoms with van der Waals surface area (Å²) in [5.74, 6) is 0. The van der Waals surface area contributed by atoms with E-state index in [2.05, 4.69) is 92.7 Å². The third-order valence-electron chi connectivity index (χ3n) is 3.76. The summed E-state index contributed by atoms with van der Waals surface area (Å²) in [4.78, 5) is 1.30. The predicted molar refractivity (Wildman–Crippen MR) is 96.5 cm³/mol. The van der Waals surface area contributed by atoms with Gasteiger partial charge in [-0.15, -0.1) is 11.8 Å². The quantitative estimate of drug-likeness (QED) is 0.518. The normalized spacial score (nSPS) is 10.9. The van der Waals surface area contributed by atoms with Crippen molar-refractivity contribution in [2.24, 2.45) is 0 Å². The smallest absolute Gasteiger partial charge is 0.0593 e. The number of aryl methyl sites for hydroxylation is 2. The first-order chi connectivity index (χ1) is 10.7. The fourth-order valence-corrected chi connectivity index (χ4v) is 3.62. The van der Waals surface area contributed by atoms with Gasteiger partial charge in [0.25, 0.3) is 0 Å². The van der Waals surface area contributed by atoms with Gasteiger partial charge in [-0.2, -0.15) is 0 Å². The van der Waals surface area contributed by atoms with Crippen molar-refractivity contribution in [1.29, 1.82) is 0 Å². The van der Waals surface area contributed by atoms with Gasteiger partial charge in [-0.25, -0.2) is 0 Å². The lowest BCUT2D eigenvalue weighted by Gasteiger charge is -2.18. The van der Waals surface area contributed by atoms with Gasteiger partial charge in [0.05, 0.1) is 5.25 Å². The van der Waals surface area contributed by atoms with E-state index in [-0.39, 0.29) is 0 Å². The van der Waals surface area contributed by atoms with Gasteiger partial charge in [0.2, 0.25) is 0 Å². The van der Waals surface area contributed by atoms with E-state index in [0.717, 1.165) is 0 Å². The molecule has 0 atom stereocenters. The maximum Gasteiger partial charge on any atom is 0.0593 e. The van der Waals surface area contributed by atoms with E-state index in [1.807, 2.05) is 11.8 Å². The molecular formula is C21H20S. The van der Waals surface area contributed by atoms with E-state index >= 15 is 0 Å². The van der Waals surface area contributed by atoms with Gasteiger partial charge < -0.3 is 0 Å². The van der Waals surface area contributed by atoms with Gasteiger partial charge >= 0.3 is 0 Å². The summed E-state index contributed by atoms with van der Waals surface area (Å²) in [5.41, 5.74) is 5.30. The largest absolute Gasteiger partial charge is 0.113 e. The monoisotopic (exact) mass is 304 g/mol. The highest BCUT2D eigenvalue weighted by molar-refractivity contribution is 7.99. The third kappa shape index (κ3) is 3.61. The Balaban J connectivity index is 1.97. The summed E-state index contributed by atoms with van der Waals surface area (Å²) in [5, 5.41) is 0.323. The van der Waals surface area contributed by atoms with Crippen molar-refractivity contribution in [2.75, 3.05) is 0 Å². The second kappa shape index (κ2) is 6.85. The molecule has 0 bridgehead atoms. The van der Waals surface area contributed by atoms with Crippen LogP contribution in [0.15, 0.2) is 83.8 Å². The maximum atomic E-state index is 2.25. The summed E-state index contributed by atoms with van der Waals surface area (Å²) in [7, 11) is 0. The van der Waals surface area contributed by atoms with Gasteiger partial charge in [0.1, 0.15) is 0 Å². The van der Waals surface area contributed by atoms with Crippen LogP contribution in [-0.4, -0.2) is 0 Å². The molecule has 0 aromatic heterocycles. The van der Waals surface area contributed by atoms with Gasteiger partial charge in [0.15, 0.2) is 0 Å². The molecule has 0 spiro atoms. The highest BCUT2D eigenvalue weighted by Crippen LogP contribution is 2.40. The molecule has 0 aliphatic carbocycles. The van der Waals surface area contributed by atoms with E-state index in [1.54, 1.807) is 0 Å². The minimum Gasteiger partial charge on any atom is -0.113 e. The highest BCUT2D eigenvalue weighted by Gasteiger charge is 2.15. The highest BCUT2D eigenvalue weighted by atomic mass is 32.2. The Morgan fingerprint density at radius 3 is 1.50 bits per heavy atom. The van der Waals surface area contributed by atoms with Crippen LogP contribution >= 0.6 is 11.8 Å². The number of rotatable bonds is 4. The zero-order valence-electron chi connectivity index (χ0n) is 13.0. The minimum atomic E-state index is 0.323. The zero-order chi connectivity index (χ0) is 15.4. The molecule has 0 heterocycles. The molecule has 3 rings (SSSR count). The van der Waals surface area contributed by atoms with Crippen molar-refractivity contribution < 1.29 is 0 Å². The Morgan fingerprint density at radius 2 is 1.05 bits per heavy atom. The van der Waals surface area contributed by atoms with Crippen molar-refractivity contribution in [1.82, 2.24) is 0 Å². The molecule has 0 saturated heterocycles. The first-order valence-corrected chi connectivity index (χ1v) is 8.45. The second-order valence-corrected chi connectivity index (χ2v) is 6.81. The van der Waals surface area contributed by atoms with E-state index in [4.69, 9.17) is 0 Å². The Bertz CT molecular complexity index is 667. The van der Waals surface area contributed by atoms with Crippen molar-refractivity contribution >= 4 is 11.8 Å². The van der Waals surface area contributed by atoms with Gasteiger partial charge in [-0.3, -0.25) is 0 Å². The van der Waals surface area contributed by atoms with Gasteiger partial charge in [0, 0.05) is 4.90 Å². The number of hydrogen-bond acceptors (Lipinski definition) is 1. The van der Waals surface area contributed by atoms with Crippen molar-refractivity contribution in [2.45, 2.75) is 24.0 Å². The lowest BCUT2D eigenvalue weighted by molar-refractivity contribution is 1.14. The standard InChI is InChI=1S/C21H20S/c1-16-8-12-18(13-9-16)21(19-14-10-17(2)11-15-19)22-20-6-4-3-5-7-20/h3-15,21H,1-2H3. The Morgan fingerprint density at radius 1 is 0.591 bits per heavy atom. The summed E-state index contributed by atoms with van der Waals surface area (Å²) < 4.78 is 0. The van der Waals surface area contributed by atoms with Crippen LogP contribution in [0.1, 0.15) is 27.5 Å². The van der Waals surface area contributed by atoms with Crippen molar-refractivity contribution in [3.63, 3.8) is 0 Å². The second-order valence-electron chi connectivity index (χ2n) is 5.63. The molecule has 0 fully saturated rings. The summed E-state index contributed by atoms with van der Waals surface area (Å²) >= 11 is 1.91. The Kier molecular flexibility index (Phi) is 4.65. The summed E-state index contributed by atoms with van der Waals surface area (Å²) in [6.07, 6.45) is 0. The molecular weight excluding hydrogens is 284 g/mol. The fraction of sp³-hybridized carbons (Fsp3) is 0.143. The molecule has 3 aromatic carbocycles. The van der Waals surface area contributed by atoms with E-state index in [9.17, 15) is 0 Å². The predicted octanol–water partition coefficient (Wildman–Crippen LogP) is 6.19. The molecule has 0 saturated carbocycles. The SMILES string of the molecule is Cc1ccc(C(Sc2ccccc2)c2ccc(C)cc2)cc1. The van der Waals surface area contributed by atoms with Crippen LogP contribution in [0.5, 0.6) is 0 Å². The number of benzene rings is 3.